The van der Waals surface area contributed by atoms with Crippen molar-refractivity contribution in [2.45, 2.75) is 0 Å². The molecule has 0 saturated carbocycles. The van der Waals surface area contributed by atoms with Gasteiger partial charge in [0.05, 0.1) is 42.0 Å². The number of carbonyl (C=O) groups excluding carboxylic acids is 3. The van der Waals surface area contributed by atoms with Crippen molar-refractivity contribution in [1.29, 1.82) is 0 Å². The molecule has 0 spiro atoms. The molecule has 12 heteroatoms. The predicted molar refractivity (Wildman–Crippen MR) is 142 cm³/mol. The summed E-state index contributed by atoms with van der Waals surface area (Å²) in [5, 5.41) is 9.08. The Morgan fingerprint density at radius 3 is 2.57 bits per heavy atom. The van der Waals surface area contributed by atoms with Crippen LogP contribution in [0.3, 0.4) is 0 Å². The first-order valence-corrected chi connectivity index (χ1v) is 11.6. The van der Waals surface area contributed by atoms with E-state index in [-0.39, 0.29) is 28.3 Å². The molecule has 1 aliphatic heterocycles. The van der Waals surface area contributed by atoms with Crippen molar-refractivity contribution in [2.75, 3.05) is 47.2 Å². The van der Waals surface area contributed by atoms with Crippen molar-refractivity contribution < 1.29 is 19.1 Å². The van der Waals surface area contributed by atoms with E-state index >= 15 is 0 Å². The Balaban J connectivity index is 1.60. The van der Waals surface area contributed by atoms with Gasteiger partial charge in [0.25, 0.3) is 11.7 Å². The number of carbonyl (C=O) groups is 3. The zero-order chi connectivity index (χ0) is 26.4. The van der Waals surface area contributed by atoms with Gasteiger partial charge >= 0.3 is 0 Å². The topological polar surface area (TPSA) is 152 Å². The molecule has 1 aromatic heterocycles. The van der Waals surface area contributed by atoms with Crippen LogP contribution in [-0.4, -0.2) is 53.9 Å². The number of benzene rings is 2. The number of amides is 2. The highest BCUT2D eigenvalue weighted by molar-refractivity contribution is 6.43. The van der Waals surface area contributed by atoms with Gasteiger partial charge in [-0.05, 0) is 36.4 Å². The standard InChI is InChI=1S/C25H24ClN7O4/c1-2-21(34)30-19-13-15(7-8-20(19)33-9-11-37-12-10-33)29-25-28-14-17(26)24(32-25)31-18-6-4-3-5-16(18)22(35)23(27)36/h2-8,13-14H,1,9-12H2,(H2,27,36)(H,30,34)(H2,28,29,31,32). The summed E-state index contributed by atoms with van der Waals surface area (Å²) in [6, 6.07) is 11.8. The minimum absolute atomic E-state index is 0.0838. The second kappa shape index (κ2) is 11.5. The average molecular weight is 522 g/mol. The number of ketones is 1. The van der Waals surface area contributed by atoms with Crippen LogP contribution >= 0.6 is 11.6 Å². The molecular formula is C25H24ClN7O4. The summed E-state index contributed by atoms with van der Waals surface area (Å²) in [5.74, 6) is -1.86. The minimum atomic E-state index is -1.08. The van der Waals surface area contributed by atoms with E-state index in [1.807, 2.05) is 12.1 Å². The van der Waals surface area contributed by atoms with Crippen molar-refractivity contribution in [3.8, 4) is 0 Å². The molecule has 5 N–H and O–H groups in total. The van der Waals surface area contributed by atoms with Crippen LogP contribution in [0.25, 0.3) is 0 Å². The van der Waals surface area contributed by atoms with E-state index in [1.165, 1.54) is 18.3 Å². The predicted octanol–water partition coefficient (Wildman–Crippen LogP) is 3.25. The number of primary amides is 1. The van der Waals surface area contributed by atoms with Crippen molar-refractivity contribution in [2.24, 2.45) is 5.73 Å². The van der Waals surface area contributed by atoms with Gasteiger partial charge in [0, 0.05) is 18.8 Å². The van der Waals surface area contributed by atoms with Gasteiger partial charge in [-0.3, -0.25) is 14.4 Å². The number of rotatable bonds is 9. The van der Waals surface area contributed by atoms with E-state index in [1.54, 1.807) is 24.3 Å². The first-order valence-electron chi connectivity index (χ1n) is 11.3. The van der Waals surface area contributed by atoms with Gasteiger partial charge in [0.15, 0.2) is 5.82 Å². The molecule has 0 radical (unpaired) electrons. The molecular weight excluding hydrogens is 498 g/mol. The molecule has 1 saturated heterocycles. The lowest BCUT2D eigenvalue weighted by molar-refractivity contribution is -0.114. The number of hydrogen-bond acceptors (Lipinski definition) is 9. The Kier molecular flexibility index (Phi) is 7.96. The Hall–Kier alpha value is -4.48. The molecule has 2 amide bonds. The highest BCUT2D eigenvalue weighted by Gasteiger charge is 2.19. The fourth-order valence-electron chi connectivity index (χ4n) is 3.67. The maximum absolute atomic E-state index is 12.2. The van der Waals surface area contributed by atoms with Crippen molar-refractivity contribution in [1.82, 2.24) is 9.97 Å². The number of Topliss-reactive ketones (excluding diaryl/α,β-unsaturated/α-hetero) is 1. The average Bonchev–Trinajstić information content (AvgIpc) is 2.91. The highest BCUT2D eigenvalue weighted by atomic mass is 35.5. The van der Waals surface area contributed by atoms with E-state index in [9.17, 15) is 14.4 Å². The molecule has 0 atom stereocenters. The third kappa shape index (κ3) is 6.21. The van der Waals surface area contributed by atoms with Gasteiger partial charge in [0.1, 0.15) is 5.02 Å². The first kappa shape index (κ1) is 25.6. The Labute approximate surface area is 217 Å². The molecule has 190 valence electrons. The van der Waals surface area contributed by atoms with Crippen LogP contribution < -0.4 is 26.6 Å². The summed E-state index contributed by atoms with van der Waals surface area (Å²) in [4.78, 5) is 46.4. The first-order chi connectivity index (χ1) is 17.9. The summed E-state index contributed by atoms with van der Waals surface area (Å²) in [7, 11) is 0. The third-order valence-electron chi connectivity index (χ3n) is 5.44. The Bertz CT molecular complexity index is 1360. The van der Waals surface area contributed by atoms with E-state index in [2.05, 4.69) is 37.4 Å². The summed E-state index contributed by atoms with van der Waals surface area (Å²) in [6.07, 6.45) is 2.59. The van der Waals surface area contributed by atoms with E-state index < -0.39 is 11.7 Å². The number of ether oxygens (including phenoxy) is 1. The lowest BCUT2D eigenvalue weighted by atomic mass is 10.1. The molecule has 1 fully saturated rings. The number of para-hydroxylation sites is 1. The quantitative estimate of drug-likeness (QED) is 0.189. The molecule has 2 aromatic carbocycles. The van der Waals surface area contributed by atoms with Gasteiger partial charge in [-0.2, -0.15) is 4.98 Å². The number of morpholine rings is 1. The minimum Gasteiger partial charge on any atom is -0.378 e. The van der Waals surface area contributed by atoms with Gasteiger partial charge in [-0.25, -0.2) is 4.98 Å². The number of nitrogens with two attached hydrogens (primary N) is 1. The molecule has 2 heterocycles. The van der Waals surface area contributed by atoms with Crippen LogP contribution in [-0.2, 0) is 14.3 Å². The summed E-state index contributed by atoms with van der Waals surface area (Å²) < 4.78 is 5.43. The second-order valence-electron chi connectivity index (χ2n) is 7.90. The van der Waals surface area contributed by atoms with E-state index in [0.29, 0.717) is 43.4 Å². The normalized spacial score (nSPS) is 12.9. The Morgan fingerprint density at radius 1 is 1.08 bits per heavy atom. The van der Waals surface area contributed by atoms with Gasteiger partial charge in [-0.1, -0.05) is 30.3 Å². The maximum Gasteiger partial charge on any atom is 0.289 e. The fraction of sp³-hybridized carbons (Fsp3) is 0.160. The monoisotopic (exact) mass is 521 g/mol. The molecule has 0 aliphatic carbocycles. The SMILES string of the molecule is C=CC(=O)Nc1cc(Nc2ncc(Cl)c(Nc3ccccc3C(=O)C(N)=O)n2)ccc1N1CCOCC1. The largest absolute Gasteiger partial charge is 0.378 e. The number of aromatic nitrogens is 2. The zero-order valence-electron chi connectivity index (χ0n) is 19.7. The lowest BCUT2D eigenvalue weighted by Crippen LogP contribution is -2.36. The van der Waals surface area contributed by atoms with Gasteiger partial charge < -0.3 is 31.3 Å². The zero-order valence-corrected chi connectivity index (χ0v) is 20.4. The van der Waals surface area contributed by atoms with Crippen LogP contribution in [0.2, 0.25) is 5.02 Å². The number of nitrogens with zero attached hydrogens (tertiary/aromatic N) is 3. The van der Waals surface area contributed by atoms with E-state index in [4.69, 9.17) is 22.1 Å². The van der Waals surface area contributed by atoms with Crippen molar-refractivity contribution in [3.63, 3.8) is 0 Å². The molecule has 37 heavy (non-hydrogen) atoms. The molecule has 4 rings (SSSR count). The molecule has 11 nitrogen and oxygen atoms in total. The van der Waals surface area contributed by atoms with Gasteiger partial charge in [-0.15, -0.1) is 0 Å². The highest BCUT2D eigenvalue weighted by Crippen LogP contribution is 2.32. The van der Waals surface area contributed by atoms with Crippen molar-refractivity contribution >= 4 is 63.7 Å². The summed E-state index contributed by atoms with van der Waals surface area (Å²) in [5.41, 5.74) is 7.59. The molecule has 3 aromatic rings. The van der Waals surface area contributed by atoms with Crippen LogP contribution in [0.4, 0.5) is 34.5 Å². The van der Waals surface area contributed by atoms with Crippen LogP contribution in [0.5, 0.6) is 0 Å². The van der Waals surface area contributed by atoms with E-state index in [0.717, 1.165) is 5.69 Å². The van der Waals surface area contributed by atoms with Crippen LogP contribution in [0, 0.1) is 0 Å². The summed E-state index contributed by atoms with van der Waals surface area (Å²) in [6.45, 7) is 6.10. The molecule has 0 unspecified atom stereocenters. The Morgan fingerprint density at radius 2 is 1.84 bits per heavy atom. The molecule has 1 aliphatic rings. The molecule has 0 bridgehead atoms. The second-order valence-corrected chi connectivity index (χ2v) is 8.31. The lowest BCUT2D eigenvalue weighted by Gasteiger charge is -2.30. The fourth-order valence-corrected chi connectivity index (χ4v) is 3.81. The van der Waals surface area contributed by atoms with Gasteiger partial charge in [0.2, 0.25) is 11.9 Å². The number of halogens is 1. The number of nitrogens with one attached hydrogen (secondary N) is 3. The third-order valence-corrected chi connectivity index (χ3v) is 5.72. The van der Waals surface area contributed by atoms with Crippen LogP contribution in [0.15, 0.2) is 61.3 Å². The number of anilines is 6. The number of hydrogen-bond donors (Lipinski definition) is 4. The van der Waals surface area contributed by atoms with Crippen LogP contribution in [0.1, 0.15) is 10.4 Å². The summed E-state index contributed by atoms with van der Waals surface area (Å²) >= 11 is 6.28. The maximum atomic E-state index is 12.2. The smallest absolute Gasteiger partial charge is 0.289 e. The van der Waals surface area contributed by atoms with Crippen molar-refractivity contribution in [3.05, 3.63) is 71.9 Å².